The van der Waals surface area contributed by atoms with Crippen LogP contribution in [-0.2, 0) is 0 Å². The highest BCUT2D eigenvalue weighted by Crippen LogP contribution is 2.37. The van der Waals surface area contributed by atoms with E-state index in [2.05, 4.69) is 10.3 Å². The number of rotatable bonds is 7. The molecular formula is C22H23N3O4S. The molecule has 3 aromatic rings. The Labute approximate surface area is 178 Å². The third kappa shape index (κ3) is 4.55. The molecule has 3 rings (SSSR count). The van der Waals surface area contributed by atoms with E-state index in [1.54, 1.807) is 0 Å². The average molecular weight is 426 g/mol. The van der Waals surface area contributed by atoms with Gasteiger partial charge >= 0.3 is 0 Å². The van der Waals surface area contributed by atoms with E-state index in [1.165, 1.54) is 37.7 Å². The van der Waals surface area contributed by atoms with E-state index in [-0.39, 0.29) is 29.2 Å². The molecule has 0 saturated carbocycles. The van der Waals surface area contributed by atoms with Crippen LogP contribution in [0, 0.1) is 0 Å². The molecule has 0 bridgehead atoms. The summed E-state index contributed by atoms with van der Waals surface area (Å²) in [5.74, 6) is 0.225. The second-order valence-corrected chi connectivity index (χ2v) is 7.41. The number of ether oxygens (including phenoxy) is 2. The molecule has 0 spiro atoms. The Morgan fingerprint density at radius 2 is 1.80 bits per heavy atom. The summed E-state index contributed by atoms with van der Waals surface area (Å²) >= 11 is 1.51. The van der Waals surface area contributed by atoms with Gasteiger partial charge in [-0.05, 0) is 42.1 Å². The van der Waals surface area contributed by atoms with Crippen molar-refractivity contribution in [3.63, 3.8) is 0 Å². The van der Waals surface area contributed by atoms with E-state index in [0.717, 1.165) is 10.4 Å². The summed E-state index contributed by atoms with van der Waals surface area (Å²) < 4.78 is 10.3. The second kappa shape index (κ2) is 9.32. The lowest BCUT2D eigenvalue weighted by Crippen LogP contribution is -2.26. The molecule has 0 aliphatic rings. The SMILES string of the molecule is COc1cc(C(=O)NC(C)c2ccccc2N=C(N)c2cccs2)cc(OC)c1O. The lowest BCUT2D eigenvalue weighted by Gasteiger charge is -2.17. The number of nitrogens with two attached hydrogens (primary N) is 1. The van der Waals surface area contributed by atoms with Gasteiger partial charge in [0.15, 0.2) is 11.5 Å². The van der Waals surface area contributed by atoms with Crippen LogP contribution in [-0.4, -0.2) is 31.1 Å². The fourth-order valence-electron chi connectivity index (χ4n) is 2.95. The van der Waals surface area contributed by atoms with Gasteiger partial charge in [-0.15, -0.1) is 11.3 Å². The summed E-state index contributed by atoms with van der Waals surface area (Å²) in [6.45, 7) is 1.86. The molecular weight excluding hydrogens is 402 g/mol. The van der Waals surface area contributed by atoms with Crippen molar-refractivity contribution in [1.82, 2.24) is 5.32 Å². The lowest BCUT2D eigenvalue weighted by molar-refractivity contribution is 0.0939. The highest BCUT2D eigenvalue weighted by molar-refractivity contribution is 7.12. The molecule has 156 valence electrons. The molecule has 30 heavy (non-hydrogen) atoms. The highest BCUT2D eigenvalue weighted by atomic mass is 32.1. The maximum absolute atomic E-state index is 12.8. The zero-order chi connectivity index (χ0) is 21.7. The van der Waals surface area contributed by atoms with Gasteiger partial charge < -0.3 is 25.6 Å². The molecule has 0 aliphatic heterocycles. The van der Waals surface area contributed by atoms with Gasteiger partial charge in [-0.1, -0.05) is 24.3 Å². The van der Waals surface area contributed by atoms with Crippen molar-refractivity contribution in [3.8, 4) is 17.2 Å². The van der Waals surface area contributed by atoms with Crippen LogP contribution in [0.4, 0.5) is 5.69 Å². The van der Waals surface area contributed by atoms with E-state index < -0.39 is 0 Å². The van der Waals surface area contributed by atoms with Gasteiger partial charge in [0.2, 0.25) is 5.75 Å². The Hall–Kier alpha value is -3.52. The van der Waals surface area contributed by atoms with E-state index in [4.69, 9.17) is 15.2 Å². The number of thiophene rings is 1. The molecule has 1 amide bonds. The molecule has 1 heterocycles. The second-order valence-electron chi connectivity index (χ2n) is 6.46. The summed E-state index contributed by atoms with van der Waals surface area (Å²) in [6.07, 6.45) is 0. The Morgan fingerprint density at radius 1 is 1.13 bits per heavy atom. The van der Waals surface area contributed by atoms with Crippen molar-refractivity contribution in [2.24, 2.45) is 10.7 Å². The van der Waals surface area contributed by atoms with Crippen molar-refractivity contribution in [3.05, 3.63) is 69.9 Å². The van der Waals surface area contributed by atoms with Crippen LogP contribution in [0.15, 0.2) is 58.9 Å². The van der Waals surface area contributed by atoms with Crippen molar-refractivity contribution in [2.75, 3.05) is 14.2 Å². The third-order valence-electron chi connectivity index (χ3n) is 4.51. The minimum atomic E-state index is -0.348. The number of phenolic OH excluding ortho intramolecular Hbond substituents is 1. The first-order valence-corrected chi connectivity index (χ1v) is 10.0. The molecule has 2 aromatic carbocycles. The monoisotopic (exact) mass is 425 g/mol. The summed E-state index contributed by atoms with van der Waals surface area (Å²) in [7, 11) is 2.82. The van der Waals surface area contributed by atoms with Crippen LogP contribution in [0.1, 0.15) is 33.8 Å². The smallest absolute Gasteiger partial charge is 0.252 e. The third-order valence-corrected chi connectivity index (χ3v) is 5.40. The number of carbonyl (C=O) groups excluding carboxylic acids is 1. The van der Waals surface area contributed by atoms with E-state index in [9.17, 15) is 9.90 Å². The van der Waals surface area contributed by atoms with Crippen molar-refractivity contribution < 1.29 is 19.4 Å². The normalized spacial score (nSPS) is 12.3. The summed E-state index contributed by atoms with van der Waals surface area (Å²) in [5.41, 5.74) is 7.93. The Morgan fingerprint density at radius 3 is 2.40 bits per heavy atom. The molecule has 1 atom stereocenters. The van der Waals surface area contributed by atoms with Crippen molar-refractivity contribution >= 4 is 28.8 Å². The van der Waals surface area contributed by atoms with Gasteiger partial charge in [-0.2, -0.15) is 0 Å². The molecule has 0 fully saturated rings. The average Bonchev–Trinajstić information content (AvgIpc) is 3.29. The van der Waals surface area contributed by atoms with E-state index in [0.29, 0.717) is 17.1 Å². The first kappa shape index (κ1) is 21.2. The summed E-state index contributed by atoms with van der Waals surface area (Å²) in [6, 6.07) is 13.9. The number of aliphatic imine (C=N–C) groups is 1. The summed E-state index contributed by atoms with van der Waals surface area (Å²) in [5, 5.41) is 14.9. The Bertz CT molecular complexity index is 1040. The number of nitrogens with one attached hydrogen (secondary N) is 1. The van der Waals surface area contributed by atoms with E-state index in [1.807, 2.05) is 48.7 Å². The standard InChI is InChI=1S/C22H23N3O4S/c1-13(24-22(27)14-11-17(28-2)20(26)18(12-14)29-3)15-7-4-5-8-16(15)25-21(23)19-9-6-10-30-19/h4-13,26H,1-3H3,(H2,23,25)(H,24,27). The van der Waals surface area contributed by atoms with E-state index >= 15 is 0 Å². The number of carbonyl (C=O) groups is 1. The van der Waals surface area contributed by atoms with Crippen molar-refractivity contribution in [1.29, 1.82) is 0 Å². The van der Waals surface area contributed by atoms with Crippen LogP contribution in [0.5, 0.6) is 17.2 Å². The van der Waals surface area contributed by atoms with Crippen LogP contribution < -0.4 is 20.5 Å². The number of nitrogens with zero attached hydrogens (tertiary/aromatic N) is 1. The maximum Gasteiger partial charge on any atom is 0.252 e. The predicted molar refractivity (Wildman–Crippen MR) is 118 cm³/mol. The molecule has 0 radical (unpaired) electrons. The fraction of sp³-hybridized carbons (Fsp3) is 0.182. The summed E-state index contributed by atoms with van der Waals surface area (Å²) in [4.78, 5) is 18.3. The van der Waals surface area contributed by atoms with Gasteiger partial charge in [-0.25, -0.2) is 4.99 Å². The number of hydrogen-bond donors (Lipinski definition) is 3. The Kier molecular flexibility index (Phi) is 6.58. The quantitative estimate of drug-likeness (QED) is 0.392. The predicted octanol–water partition coefficient (Wildman–Crippen LogP) is 4.00. The topological polar surface area (TPSA) is 106 Å². The minimum absolute atomic E-state index is 0.154. The lowest BCUT2D eigenvalue weighted by atomic mass is 10.1. The minimum Gasteiger partial charge on any atom is -0.502 e. The molecule has 0 saturated heterocycles. The van der Waals surface area contributed by atoms with Gasteiger partial charge in [0, 0.05) is 5.56 Å². The first-order chi connectivity index (χ1) is 14.4. The van der Waals surface area contributed by atoms with Crippen LogP contribution in [0.3, 0.4) is 0 Å². The van der Waals surface area contributed by atoms with Gasteiger partial charge in [0.25, 0.3) is 5.91 Å². The number of phenols is 1. The maximum atomic E-state index is 12.8. The van der Waals surface area contributed by atoms with Gasteiger partial charge in [0.05, 0.1) is 30.8 Å². The van der Waals surface area contributed by atoms with Crippen LogP contribution >= 0.6 is 11.3 Å². The number of benzene rings is 2. The van der Waals surface area contributed by atoms with Crippen molar-refractivity contribution in [2.45, 2.75) is 13.0 Å². The first-order valence-electron chi connectivity index (χ1n) is 9.17. The highest BCUT2D eigenvalue weighted by Gasteiger charge is 2.19. The number of amidine groups is 1. The number of methoxy groups -OCH3 is 2. The zero-order valence-electron chi connectivity index (χ0n) is 16.9. The zero-order valence-corrected chi connectivity index (χ0v) is 17.7. The number of amides is 1. The number of hydrogen-bond acceptors (Lipinski definition) is 6. The molecule has 4 N–H and O–H groups in total. The van der Waals surface area contributed by atoms with Gasteiger partial charge in [-0.3, -0.25) is 4.79 Å². The Balaban J connectivity index is 1.86. The van der Waals surface area contributed by atoms with Gasteiger partial charge in [0.1, 0.15) is 5.84 Å². The molecule has 1 unspecified atom stereocenters. The van der Waals surface area contributed by atoms with Crippen LogP contribution in [0.25, 0.3) is 0 Å². The van der Waals surface area contributed by atoms with Crippen LogP contribution in [0.2, 0.25) is 0 Å². The number of aromatic hydroxyl groups is 1. The largest absolute Gasteiger partial charge is 0.502 e. The molecule has 0 aliphatic carbocycles. The molecule has 1 aromatic heterocycles. The number of para-hydroxylation sites is 1. The molecule has 7 nitrogen and oxygen atoms in total. The fourth-order valence-corrected chi connectivity index (χ4v) is 3.57. The molecule has 8 heteroatoms.